The lowest BCUT2D eigenvalue weighted by Gasteiger charge is -2.17. The molecule has 100 valence electrons. The van der Waals surface area contributed by atoms with Gasteiger partial charge in [0, 0.05) is 9.61 Å². The molecule has 2 rings (SSSR count). The van der Waals surface area contributed by atoms with E-state index in [0.717, 1.165) is 6.42 Å². The number of hydrogen-bond donors (Lipinski definition) is 2. The fourth-order valence-corrected chi connectivity index (χ4v) is 2.47. The third-order valence-corrected chi connectivity index (χ3v) is 4.21. The van der Waals surface area contributed by atoms with Crippen LogP contribution in [0.5, 0.6) is 0 Å². The first-order valence-electron chi connectivity index (χ1n) is 6.38. The molecule has 2 aromatic carbocycles. The summed E-state index contributed by atoms with van der Waals surface area (Å²) in [7, 11) is 0. The zero-order chi connectivity index (χ0) is 13.8. The maximum atomic E-state index is 5.72. The Labute approximate surface area is 128 Å². The van der Waals surface area contributed by atoms with Crippen molar-refractivity contribution in [2.24, 2.45) is 5.84 Å². The largest absolute Gasteiger partial charge is 0.271 e. The van der Waals surface area contributed by atoms with Crippen molar-refractivity contribution >= 4 is 22.6 Å². The van der Waals surface area contributed by atoms with Gasteiger partial charge in [0.1, 0.15) is 0 Å². The van der Waals surface area contributed by atoms with Gasteiger partial charge < -0.3 is 0 Å². The molecule has 0 bridgehead atoms. The Kier molecular flexibility index (Phi) is 4.96. The van der Waals surface area contributed by atoms with E-state index in [0.29, 0.717) is 0 Å². The summed E-state index contributed by atoms with van der Waals surface area (Å²) < 4.78 is 1.25. The molecule has 0 aromatic heterocycles. The normalized spacial score (nSPS) is 12.4. The third-order valence-electron chi connectivity index (χ3n) is 3.49. The highest BCUT2D eigenvalue weighted by Crippen LogP contribution is 2.21. The molecule has 1 atom stereocenters. The number of rotatable bonds is 4. The van der Waals surface area contributed by atoms with Crippen LogP contribution in [0, 0.1) is 17.4 Å². The highest BCUT2D eigenvalue weighted by molar-refractivity contribution is 14.1. The van der Waals surface area contributed by atoms with Gasteiger partial charge in [-0.05, 0) is 77.2 Å². The molecule has 0 spiro atoms. The summed E-state index contributed by atoms with van der Waals surface area (Å²) in [4.78, 5) is 0. The molecule has 19 heavy (non-hydrogen) atoms. The second kappa shape index (κ2) is 6.50. The second-order valence-corrected chi connectivity index (χ2v) is 6.14. The van der Waals surface area contributed by atoms with Gasteiger partial charge >= 0.3 is 0 Å². The summed E-state index contributed by atoms with van der Waals surface area (Å²) in [5.41, 5.74) is 8.08. The smallest absolute Gasteiger partial charge is 0.0500 e. The number of nitrogens with two attached hydrogens (primary N) is 1. The maximum absolute atomic E-state index is 5.72. The molecule has 0 aliphatic heterocycles. The van der Waals surface area contributed by atoms with Crippen LogP contribution in [0.3, 0.4) is 0 Å². The lowest BCUT2D eigenvalue weighted by Crippen LogP contribution is -2.29. The molecule has 0 amide bonds. The fraction of sp³-hybridized carbons (Fsp3) is 0.250. The van der Waals surface area contributed by atoms with E-state index < -0.39 is 0 Å². The summed E-state index contributed by atoms with van der Waals surface area (Å²) in [6, 6.07) is 15.3. The van der Waals surface area contributed by atoms with Gasteiger partial charge in [-0.2, -0.15) is 0 Å². The van der Waals surface area contributed by atoms with Gasteiger partial charge in [-0.3, -0.25) is 11.3 Å². The van der Waals surface area contributed by atoms with E-state index in [1.54, 1.807) is 0 Å². The van der Waals surface area contributed by atoms with E-state index in [9.17, 15) is 0 Å². The highest BCUT2D eigenvalue weighted by atomic mass is 127. The average Bonchev–Trinajstić information content (AvgIpc) is 2.41. The van der Waals surface area contributed by atoms with Gasteiger partial charge in [0.25, 0.3) is 0 Å². The SMILES string of the molecule is Cc1ccc(C(Cc2ccc(I)cc2)NN)cc1C. The van der Waals surface area contributed by atoms with E-state index in [1.165, 1.54) is 25.8 Å². The Morgan fingerprint density at radius 2 is 1.74 bits per heavy atom. The first-order chi connectivity index (χ1) is 9.10. The molecule has 2 nitrogen and oxygen atoms in total. The summed E-state index contributed by atoms with van der Waals surface area (Å²) in [6.45, 7) is 4.26. The molecular weight excluding hydrogens is 347 g/mol. The molecule has 0 aliphatic rings. The molecule has 1 unspecified atom stereocenters. The highest BCUT2D eigenvalue weighted by Gasteiger charge is 2.11. The van der Waals surface area contributed by atoms with Crippen molar-refractivity contribution in [1.29, 1.82) is 0 Å². The predicted octanol–water partition coefficient (Wildman–Crippen LogP) is 3.66. The van der Waals surface area contributed by atoms with Crippen LogP contribution >= 0.6 is 22.6 Å². The molecule has 0 fully saturated rings. The quantitative estimate of drug-likeness (QED) is 0.493. The number of aryl methyl sites for hydroxylation is 2. The van der Waals surface area contributed by atoms with E-state index in [4.69, 9.17) is 5.84 Å². The van der Waals surface area contributed by atoms with Crippen molar-refractivity contribution in [2.75, 3.05) is 0 Å². The van der Waals surface area contributed by atoms with Crippen LogP contribution in [0.1, 0.15) is 28.3 Å². The molecule has 0 radical (unpaired) electrons. The fourth-order valence-electron chi connectivity index (χ4n) is 2.11. The van der Waals surface area contributed by atoms with Gasteiger partial charge in [-0.1, -0.05) is 30.3 Å². The van der Waals surface area contributed by atoms with Crippen molar-refractivity contribution in [3.63, 3.8) is 0 Å². The van der Waals surface area contributed by atoms with Crippen molar-refractivity contribution in [3.05, 3.63) is 68.3 Å². The Balaban J connectivity index is 2.19. The van der Waals surface area contributed by atoms with E-state index in [-0.39, 0.29) is 6.04 Å². The molecule has 0 saturated carbocycles. The Hall–Kier alpha value is -0.910. The van der Waals surface area contributed by atoms with Gasteiger partial charge in [-0.15, -0.1) is 0 Å². The second-order valence-electron chi connectivity index (χ2n) is 4.89. The Bertz CT molecular complexity index is 549. The van der Waals surface area contributed by atoms with Gasteiger partial charge in [0.05, 0.1) is 0 Å². The zero-order valence-electron chi connectivity index (χ0n) is 11.3. The number of nitrogens with one attached hydrogen (secondary N) is 1. The van der Waals surface area contributed by atoms with Crippen LogP contribution in [-0.2, 0) is 6.42 Å². The van der Waals surface area contributed by atoms with Crippen molar-refractivity contribution in [1.82, 2.24) is 5.43 Å². The molecule has 3 N–H and O–H groups in total. The van der Waals surface area contributed by atoms with Crippen molar-refractivity contribution in [2.45, 2.75) is 26.3 Å². The maximum Gasteiger partial charge on any atom is 0.0500 e. The van der Waals surface area contributed by atoms with E-state index >= 15 is 0 Å². The molecule has 0 aliphatic carbocycles. The number of halogens is 1. The number of benzene rings is 2. The van der Waals surface area contributed by atoms with Gasteiger partial charge in [0.15, 0.2) is 0 Å². The topological polar surface area (TPSA) is 38.0 Å². The summed E-state index contributed by atoms with van der Waals surface area (Å²) in [6.07, 6.45) is 0.899. The average molecular weight is 366 g/mol. The Morgan fingerprint density at radius 1 is 1.05 bits per heavy atom. The molecular formula is C16H19IN2. The van der Waals surface area contributed by atoms with E-state index in [1.807, 2.05) is 0 Å². The van der Waals surface area contributed by atoms with Crippen LogP contribution in [0.4, 0.5) is 0 Å². The summed E-state index contributed by atoms with van der Waals surface area (Å²) in [5.74, 6) is 5.72. The van der Waals surface area contributed by atoms with Crippen molar-refractivity contribution < 1.29 is 0 Å². The monoisotopic (exact) mass is 366 g/mol. The minimum atomic E-state index is 0.152. The third kappa shape index (κ3) is 3.78. The molecule has 0 saturated heterocycles. The van der Waals surface area contributed by atoms with E-state index in [2.05, 4.69) is 84.3 Å². The lowest BCUT2D eigenvalue weighted by molar-refractivity contribution is 0.551. The molecule has 3 heteroatoms. The summed E-state index contributed by atoms with van der Waals surface area (Å²) >= 11 is 2.32. The Morgan fingerprint density at radius 3 is 2.32 bits per heavy atom. The zero-order valence-corrected chi connectivity index (χ0v) is 13.4. The van der Waals surface area contributed by atoms with Crippen LogP contribution < -0.4 is 11.3 Å². The lowest BCUT2D eigenvalue weighted by atomic mass is 9.96. The molecule has 2 aromatic rings. The van der Waals surface area contributed by atoms with Crippen molar-refractivity contribution in [3.8, 4) is 0 Å². The van der Waals surface area contributed by atoms with Crippen LogP contribution in [0.2, 0.25) is 0 Å². The first kappa shape index (κ1) is 14.5. The summed E-state index contributed by atoms with van der Waals surface area (Å²) in [5, 5.41) is 0. The van der Waals surface area contributed by atoms with Crippen LogP contribution in [-0.4, -0.2) is 0 Å². The minimum Gasteiger partial charge on any atom is -0.271 e. The number of hydrogen-bond acceptors (Lipinski definition) is 2. The molecule has 0 heterocycles. The van der Waals surface area contributed by atoms with Gasteiger partial charge in [0.2, 0.25) is 0 Å². The van der Waals surface area contributed by atoms with Crippen LogP contribution in [0.15, 0.2) is 42.5 Å². The standard InChI is InChI=1S/C16H19IN2/c1-11-3-6-14(9-12(11)2)16(19-18)10-13-4-7-15(17)8-5-13/h3-9,16,19H,10,18H2,1-2H3. The van der Waals surface area contributed by atoms with Crippen LogP contribution in [0.25, 0.3) is 0 Å². The number of hydrazine groups is 1. The minimum absolute atomic E-state index is 0.152. The first-order valence-corrected chi connectivity index (χ1v) is 7.45. The van der Waals surface area contributed by atoms with Gasteiger partial charge in [-0.25, -0.2) is 0 Å². The predicted molar refractivity (Wildman–Crippen MR) is 88.8 cm³/mol.